The third-order valence-electron chi connectivity index (χ3n) is 5.35. The molecule has 26 heavy (non-hydrogen) atoms. The lowest BCUT2D eigenvalue weighted by Gasteiger charge is -2.17. The maximum Gasteiger partial charge on any atom is 0.253 e. The standard InChI is InChI=1S/C22H26N2O2/c1-16-14-19(22(25)24-11-2-3-12-24)5-6-20(16)23-10-8-17-4-7-21-18(15-17)9-13-26-21/h4-7,14-15,23H,2-3,8-13H2,1H3. The number of nitrogens with one attached hydrogen (secondary N) is 1. The molecule has 0 bridgehead atoms. The average molecular weight is 350 g/mol. The van der Waals surface area contributed by atoms with Crippen LogP contribution in [0.5, 0.6) is 5.75 Å². The molecule has 4 rings (SSSR count). The Morgan fingerprint density at radius 1 is 1.15 bits per heavy atom. The zero-order valence-electron chi connectivity index (χ0n) is 15.4. The molecule has 2 aromatic rings. The predicted molar refractivity (Wildman–Crippen MR) is 104 cm³/mol. The van der Waals surface area contributed by atoms with Gasteiger partial charge in [-0.05, 0) is 67.1 Å². The van der Waals surface area contributed by atoms with Crippen molar-refractivity contribution >= 4 is 11.6 Å². The van der Waals surface area contributed by atoms with E-state index in [1.807, 2.05) is 23.1 Å². The van der Waals surface area contributed by atoms with Crippen molar-refractivity contribution in [2.75, 3.05) is 31.6 Å². The van der Waals surface area contributed by atoms with Gasteiger partial charge in [0, 0.05) is 37.3 Å². The topological polar surface area (TPSA) is 41.6 Å². The molecule has 0 aliphatic carbocycles. The highest BCUT2D eigenvalue weighted by Gasteiger charge is 2.19. The van der Waals surface area contributed by atoms with Crippen molar-refractivity contribution in [1.82, 2.24) is 4.90 Å². The lowest BCUT2D eigenvalue weighted by molar-refractivity contribution is 0.0793. The van der Waals surface area contributed by atoms with E-state index in [1.165, 1.54) is 11.1 Å². The zero-order valence-corrected chi connectivity index (χ0v) is 15.4. The molecular formula is C22H26N2O2. The number of hydrogen-bond acceptors (Lipinski definition) is 3. The van der Waals surface area contributed by atoms with Gasteiger partial charge in [-0.25, -0.2) is 0 Å². The van der Waals surface area contributed by atoms with E-state index in [2.05, 4.69) is 30.4 Å². The molecule has 1 saturated heterocycles. The fourth-order valence-corrected chi connectivity index (χ4v) is 3.83. The fourth-order valence-electron chi connectivity index (χ4n) is 3.83. The van der Waals surface area contributed by atoms with E-state index in [0.29, 0.717) is 0 Å². The lowest BCUT2D eigenvalue weighted by Crippen LogP contribution is -2.27. The summed E-state index contributed by atoms with van der Waals surface area (Å²) >= 11 is 0. The Hall–Kier alpha value is -2.49. The summed E-state index contributed by atoms with van der Waals surface area (Å²) in [5, 5.41) is 3.51. The smallest absolute Gasteiger partial charge is 0.253 e. The maximum atomic E-state index is 12.5. The summed E-state index contributed by atoms with van der Waals surface area (Å²) in [7, 11) is 0. The number of carbonyl (C=O) groups is 1. The molecule has 0 atom stereocenters. The number of hydrogen-bond donors (Lipinski definition) is 1. The van der Waals surface area contributed by atoms with Gasteiger partial charge in [-0.3, -0.25) is 4.79 Å². The predicted octanol–water partition coefficient (Wildman–Crippen LogP) is 3.82. The Balaban J connectivity index is 1.35. The maximum absolute atomic E-state index is 12.5. The van der Waals surface area contributed by atoms with Crippen LogP contribution < -0.4 is 10.1 Å². The van der Waals surface area contributed by atoms with E-state index in [4.69, 9.17) is 4.74 Å². The summed E-state index contributed by atoms with van der Waals surface area (Å²) in [6, 6.07) is 12.5. The highest BCUT2D eigenvalue weighted by molar-refractivity contribution is 5.95. The van der Waals surface area contributed by atoms with E-state index in [-0.39, 0.29) is 5.91 Å². The van der Waals surface area contributed by atoms with Crippen LogP contribution in [0.3, 0.4) is 0 Å². The van der Waals surface area contributed by atoms with Crippen LogP contribution >= 0.6 is 0 Å². The van der Waals surface area contributed by atoms with E-state index >= 15 is 0 Å². The van der Waals surface area contributed by atoms with Crippen molar-refractivity contribution in [2.24, 2.45) is 0 Å². The van der Waals surface area contributed by atoms with Crippen molar-refractivity contribution in [3.05, 3.63) is 58.7 Å². The molecule has 0 aromatic heterocycles. The average Bonchev–Trinajstić information content (AvgIpc) is 3.33. The highest BCUT2D eigenvalue weighted by Crippen LogP contribution is 2.26. The molecule has 0 unspecified atom stereocenters. The number of carbonyl (C=O) groups excluding carboxylic acids is 1. The van der Waals surface area contributed by atoms with Crippen LogP contribution in [-0.4, -0.2) is 37.0 Å². The van der Waals surface area contributed by atoms with E-state index in [1.54, 1.807) is 0 Å². The summed E-state index contributed by atoms with van der Waals surface area (Å²) in [6.07, 6.45) is 4.24. The summed E-state index contributed by atoms with van der Waals surface area (Å²) < 4.78 is 5.56. The van der Waals surface area contributed by atoms with E-state index in [0.717, 1.165) is 74.5 Å². The molecule has 0 radical (unpaired) electrons. The number of nitrogens with zero attached hydrogens (tertiary/aromatic N) is 1. The van der Waals surface area contributed by atoms with Crippen LogP contribution in [0.15, 0.2) is 36.4 Å². The van der Waals surface area contributed by atoms with Crippen molar-refractivity contribution < 1.29 is 9.53 Å². The molecule has 0 saturated carbocycles. The number of anilines is 1. The van der Waals surface area contributed by atoms with Crippen molar-refractivity contribution in [3.8, 4) is 5.75 Å². The van der Waals surface area contributed by atoms with Gasteiger partial charge >= 0.3 is 0 Å². The van der Waals surface area contributed by atoms with Gasteiger partial charge in [0.2, 0.25) is 0 Å². The molecule has 2 aliphatic rings. The number of amides is 1. The SMILES string of the molecule is Cc1cc(C(=O)N2CCCC2)ccc1NCCc1ccc2c(c1)CCO2. The number of aryl methyl sites for hydroxylation is 1. The van der Waals surface area contributed by atoms with E-state index in [9.17, 15) is 4.79 Å². The molecule has 1 amide bonds. The number of likely N-dealkylation sites (tertiary alicyclic amines) is 1. The Morgan fingerprint density at radius 2 is 2.00 bits per heavy atom. The van der Waals surface area contributed by atoms with E-state index < -0.39 is 0 Å². The Labute approximate surface area is 155 Å². The number of rotatable bonds is 5. The molecule has 1 N–H and O–H groups in total. The number of benzene rings is 2. The third kappa shape index (κ3) is 3.55. The Kier molecular flexibility index (Phi) is 4.83. The molecule has 1 fully saturated rings. The lowest BCUT2D eigenvalue weighted by atomic mass is 10.1. The molecule has 4 heteroatoms. The molecular weight excluding hydrogens is 324 g/mol. The third-order valence-corrected chi connectivity index (χ3v) is 5.35. The minimum absolute atomic E-state index is 0.164. The summed E-state index contributed by atoms with van der Waals surface area (Å²) in [6.45, 7) is 5.53. The van der Waals surface area contributed by atoms with Gasteiger partial charge in [0.15, 0.2) is 0 Å². The van der Waals surface area contributed by atoms with Gasteiger partial charge < -0.3 is 15.0 Å². The molecule has 2 heterocycles. The molecule has 136 valence electrons. The largest absolute Gasteiger partial charge is 0.493 e. The molecule has 0 spiro atoms. The normalized spacial score (nSPS) is 15.7. The zero-order chi connectivity index (χ0) is 17.9. The van der Waals surface area contributed by atoms with Crippen LogP contribution in [0, 0.1) is 6.92 Å². The first kappa shape index (κ1) is 17.0. The van der Waals surface area contributed by atoms with Crippen molar-refractivity contribution in [1.29, 1.82) is 0 Å². The number of fused-ring (bicyclic) bond motifs is 1. The van der Waals surface area contributed by atoms with Crippen LogP contribution in [0.1, 0.15) is 39.9 Å². The second-order valence-electron chi connectivity index (χ2n) is 7.25. The van der Waals surface area contributed by atoms with Gasteiger partial charge in [-0.15, -0.1) is 0 Å². The van der Waals surface area contributed by atoms with Gasteiger partial charge in [0.25, 0.3) is 5.91 Å². The first-order chi connectivity index (χ1) is 12.7. The Morgan fingerprint density at radius 3 is 2.81 bits per heavy atom. The van der Waals surface area contributed by atoms with Crippen LogP contribution in [0.25, 0.3) is 0 Å². The Bertz CT molecular complexity index is 810. The molecule has 2 aliphatic heterocycles. The number of ether oxygens (including phenoxy) is 1. The minimum atomic E-state index is 0.164. The minimum Gasteiger partial charge on any atom is -0.493 e. The van der Waals surface area contributed by atoms with Gasteiger partial charge in [0.1, 0.15) is 5.75 Å². The first-order valence-electron chi connectivity index (χ1n) is 9.59. The fraction of sp³-hybridized carbons (Fsp3) is 0.409. The van der Waals surface area contributed by atoms with Gasteiger partial charge in [-0.1, -0.05) is 12.1 Å². The second-order valence-corrected chi connectivity index (χ2v) is 7.25. The highest BCUT2D eigenvalue weighted by atomic mass is 16.5. The second kappa shape index (κ2) is 7.40. The summed E-state index contributed by atoms with van der Waals surface area (Å²) in [4.78, 5) is 14.5. The van der Waals surface area contributed by atoms with Crippen LogP contribution in [0.4, 0.5) is 5.69 Å². The summed E-state index contributed by atoms with van der Waals surface area (Å²) in [5.41, 5.74) is 5.68. The summed E-state index contributed by atoms with van der Waals surface area (Å²) in [5.74, 6) is 1.20. The van der Waals surface area contributed by atoms with Gasteiger partial charge in [-0.2, -0.15) is 0 Å². The van der Waals surface area contributed by atoms with Crippen molar-refractivity contribution in [3.63, 3.8) is 0 Å². The quantitative estimate of drug-likeness (QED) is 0.891. The first-order valence-corrected chi connectivity index (χ1v) is 9.59. The van der Waals surface area contributed by atoms with Crippen molar-refractivity contribution in [2.45, 2.75) is 32.6 Å². The van der Waals surface area contributed by atoms with Gasteiger partial charge in [0.05, 0.1) is 6.61 Å². The monoisotopic (exact) mass is 350 g/mol. The van der Waals surface area contributed by atoms with Crippen LogP contribution in [-0.2, 0) is 12.8 Å². The molecule has 4 nitrogen and oxygen atoms in total. The van der Waals surface area contributed by atoms with Crippen LogP contribution in [0.2, 0.25) is 0 Å². The molecule has 2 aromatic carbocycles.